The standard InChI is InChI=1S/C19H24N2O5/c22-17-6-5-14-3-1-2-4-16(14)20(17)10-7-18(23)21(13-19(24)25)15-8-11-26-12-9-15/h1-4,15H,5-13H2,(H,24,25). The Hall–Kier alpha value is -2.41. The molecule has 2 aliphatic rings. The molecule has 0 radical (unpaired) electrons. The first-order chi connectivity index (χ1) is 12.6. The summed E-state index contributed by atoms with van der Waals surface area (Å²) in [5, 5.41) is 9.16. The van der Waals surface area contributed by atoms with Crippen LogP contribution in [-0.4, -0.2) is 60.1 Å². The molecule has 1 saturated heterocycles. The topological polar surface area (TPSA) is 87.2 Å². The number of carbonyl (C=O) groups is 3. The minimum atomic E-state index is -1.02. The number of para-hydroxylation sites is 1. The van der Waals surface area contributed by atoms with Gasteiger partial charge in [0.05, 0.1) is 0 Å². The van der Waals surface area contributed by atoms with Crippen LogP contribution in [0, 0.1) is 0 Å². The molecule has 1 fully saturated rings. The lowest BCUT2D eigenvalue weighted by Crippen LogP contribution is -2.47. The number of ether oxygens (including phenoxy) is 1. The second-order valence-corrected chi connectivity index (χ2v) is 6.68. The van der Waals surface area contributed by atoms with Gasteiger partial charge in [0, 0.05) is 44.3 Å². The molecule has 2 amide bonds. The average molecular weight is 360 g/mol. The van der Waals surface area contributed by atoms with Gasteiger partial charge in [0.25, 0.3) is 0 Å². The number of carboxylic acids is 1. The fourth-order valence-electron chi connectivity index (χ4n) is 3.66. The molecule has 3 rings (SSSR count). The van der Waals surface area contributed by atoms with Crippen LogP contribution in [0.1, 0.15) is 31.2 Å². The third-order valence-electron chi connectivity index (χ3n) is 5.00. The molecule has 2 heterocycles. The minimum absolute atomic E-state index is 0.00681. The second kappa shape index (κ2) is 8.31. The number of amides is 2. The smallest absolute Gasteiger partial charge is 0.323 e. The van der Waals surface area contributed by atoms with Gasteiger partial charge in [0.1, 0.15) is 6.54 Å². The summed E-state index contributed by atoms with van der Waals surface area (Å²) in [5.41, 5.74) is 1.96. The molecule has 26 heavy (non-hydrogen) atoms. The number of benzene rings is 1. The summed E-state index contributed by atoms with van der Waals surface area (Å²) >= 11 is 0. The van der Waals surface area contributed by atoms with Crippen LogP contribution in [0.4, 0.5) is 5.69 Å². The normalized spacial score (nSPS) is 17.7. The molecule has 7 nitrogen and oxygen atoms in total. The van der Waals surface area contributed by atoms with Crippen molar-refractivity contribution in [1.82, 2.24) is 4.90 Å². The minimum Gasteiger partial charge on any atom is -0.480 e. The molecule has 0 aromatic heterocycles. The molecule has 1 aromatic rings. The van der Waals surface area contributed by atoms with Crippen LogP contribution in [0.25, 0.3) is 0 Å². The van der Waals surface area contributed by atoms with Crippen LogP contribution >= 0.6 is 0 Å². The van der Waals surface area contributed by atoms with Crippen LogP contribution in [-0.2, 0) is 25.5 Å². The molecule has 0 bridgehead atoms. The van der Waals surface area contributed by atoms with Gasteiger partial charge in [-0.3, -0.25) is 14.4 Å². The fraction of sp³-hybridized carbons (Fsp3) is 0.526. The lowest BCUT2D eigenvalue weighted by atomic mass is 10.0. The number of hydrogen-bond donors (Lipinski definition) is 1. The van der Waals surface area contributed by atoms with E-state index >= 15 is 0 Å². The zero-order chi connectivity index (χ0) is 18.5. The predicted molar refractivity (Wildman–Crippen MR) is 94.9 cm³/mol. The van der Waals surface area contributed by atoms with E-state index in [9.17, 15) is 14.4 Å². The number of carbonyl (C=O) groups excluding carboxylic acids is 2. The van der Waals surface area contributed by atoms with Crippen LogP contribution in [0.2, 0.25) is 0 Å². The van der Waals surface area contributed by atoms with E-state index in [0.29, 0.717) is 38.9 Å². The Labute approximate surface area is 152 Å². The van der Waals surface area contributed by atoms with E-state index in [1.165, 1.54) is 4.90 Å². The van der Waals surface area contributed by atoms with E-state index in [0.717, 1.165) is 11.3 Å². The zero-order valence-electron chi connectivity index (χ0n) is 14.7. The van der Waals surface area contributed by atoms with Gasteiger partial charge in [0.2, 0.25) is 11.8 Å². The van der Waals surface area contributed by atoms with Crippen LogP contribution in [0.3, 0.4) is 0 Å². The molecule has 140 valence electrons. The quantitative estimate of drug-likeness (QED) is 0.830. The van der Waals surface area contributed by atoms with Crippen molar-refractivity contribution in [2.75, 3.05) is 31.2 Å². The van der Waals surface area contributed by atoms with E-state index in [4.69, 9.17) is 9.84 Å². The Morgan fingerprint density at radius 2 is 1.92 bits per heavy atom. The van der Waals surface area contributed by atoms with Gasteiger partial charge in [-0.2, -0.15) is 0 Å². The van der Waals surface area contributed by atoms with E-state index in [1.807, 2.05) is 24.3 Å². The Kier molecular flexibility index (Phi) is 5.88. The highest BCUT2D eigenvalue weighted by molar-refractivity contribution is 5.97. The van der Waals surface area contributed by atoms with E-state index < -0.39 is 5.97 Å². The Bertz CT molecular complexity index is 684. The van der Waals surface area contributed by atoms with Gasteiger partial charge in [-0.1, -0.05) is 18.2 Å². The van der Waals surface area contributed by atoms with Crippen molar-refractivity contribution >= 4 is 23.5 Å². The summed E-state index contributed by atoms with van der Waals surface area (Å²) < 4.78 is 5.30. The van der Waals surface area contributed by atoms with Crippen LogP contribution < -0.4 is 4.90 Å². The van der Waals surface area contributed by atoms with Crippen molar-refractivity contribution in [2.24, 2.45) is 0 Å². The molecule has 0 aliphatic carbocycles. The first-order valence-electron chi connectivity index (χ1n) is 9.03. The van der Waals surface area contributed by atoms with Gasteiger partial charge in [0.15, 0.2) is 0 Å². The van der Waals surface area contributed by atoms with E-state index in [2.05, 4.69) is 0 Å². The number of carboxylic acid groups (broad SMARTS) is 1. The van der Waals surface area contributed by atoms with Gasteiger partial charge in [-0.25, -0.2) is 0 Å². The third-order valence-corrected chi connectivity index (χ3v) is 5.00. The summed E-state index contributed by atoms with van der Waals surface area (Å²) in [6, 6.07) is 7.60. The molecule has 7 heteroatoms. The molecule has 1 N–H and O–H groups in total. The number of nitrogens with zero attached hydrogens (tertiary/aromatic N) is 2. The molecule has 0 spiro atoms. The highest BCUT2D eigenvalue weighted by Crippen LogP contribution is 2.27. The maximum Gasteiger partial charge on any atom is 0.323 e. The van der Waals surface area contributed by atoms with Gasteiger partial charge < -0.3 is 19.6 Å². The average Bonchev–Trinajstić information content (AvgIpc) is 2.65. The Morgan fingerprint density at radius 1 is 1.19 bits per heavy atom. The molecule has 0 atom stereocenters. The molecular weight excluding hydrogens is 336 g/mol. The van der Waals surface area contributed by atoms with Crippen molar-refractivity contribution in [3.63, 3.8) is 0 Å². The predicted octanol–water partition coefficient (Wildman–Crippen LogP) is 1.45. The largest absolute Gasteiger partial charge is 0.480 e. The first kappa shape index (κ1) is 18.4. The molecule has 2 aliphatic heterocycles. The first-order valence-corrected chi connectivity index (χ1v) is 9.03. The van der Waals surface area contributed by atoms with Crippen molar-refractivity contribution in [2.45, 2.75) is 38.1 Å². The van der Waals surface area contributed by atoms with Gasteiger partial charge in [-0.05, 0) is 30.9 Å². The zero-order valence-corrected chi connectivity index (χ0v) is 14.7. The number of rotatable bonds is 6. The lowest BCUT2D eigenvalue weighted by Gasteiger charge is -2.34. The van der Waals surface area contributed by atoms with E-state index in [1.54, 1.807) is 4.90 Å². The molecular formula is C19H24N2O5. The SMILES string of the molecule is O=C(O)CN(C(=O)CCN1C(=O)CCc2ccccc21)C1CCOCC1. The molecule has 1 aromatic carbocycles. The Balaban J connectivity index is 1.67. The lowest BCUT2D eigenvalue weighted by molar-refractivity contribution is -0.147. The van der Waals surface area contributed by atoms with Crippen LogP contribution in [0.15, 0.2) is 24.3 Å². The summed E-state index contributed by atoms with van der Waals surface area (Å²) in [4.78, 5) is 39.3. The van der Waals surface area contributed by atoms with Crippen molar-refractivity contribution in [3.8, 4) is 0 Å². The van der Waals surface area contributed by atoms with Crippen LogP contribution in [0.5, 0.6) is 0 Å². The van der Waals surface area contributed by atoms with E-state index in [-0.39, 0.29) is 37.4 Å². The molecule has 0 saturated carbocycles. The van der Waals surface area contributed by atoms with Gasteiger partial charge in [-0.15, -0.1) is 0 Å². The fourth-order valence-corrected chi connectivity index (χ4v) is 3.66. The summed E-state index contributed by atoms with van der Waals surface area (Å²) in [5.74, 6) is -1.24. The Morgan fingerprint density at radius 3 is 2.65 bits per heavy atom. The summed E-state index contributed by atoms with van der Waals surface area (Å²) in [6.45, 7) is 1.03. The van der Waals surface area contributed by atoms with Crippen molar-refractivity contribution in [1.29, 1.82) is 0 Å². The van der Waals surface area contributed by atoms with Crippen molar-refractivity contribution in [3.05, 3.63) is 29.8 Å². The monoisotopic (exact) mass is 360 g/mol. The third kappa shape index (κ3) is 4.22. The highest BCUT2D eigenvalue weighted by Gasteiger charge is 2.29. The number of aryl methyl sites for hydroxylation is 1. The number of aliphatic carboxylic acids is 1. The molecule has 0 unspecified atom stereocenters. The maximum atomic E-state index is 12.7. The number of fused-ring (bicyclic) bond motifs is 1. The van der Waals surface area contributed by atoms with Crippen molar-refractivity contribution < 1.29 is 24.2 Å². The number of anilines is 1. The maximum absolute atomic E-state index is 12.7. The second-order valence-electron chi connectivity index (χ2n) is 6.68. The van der Waals surface area contributed by atoms with Gasteiger partial charge >= 0.3 is 5.97 Å². The highest BCUT2D eigenvalue weighted by atomic mass is 16.5. The summed E-state index contributed by atoms with van der Waals surface area (Å²) in [6.07, 6.45) is 2.55. The number of hydrogen-bond acceptors (Lipinski definition) is 4. The summed E-state index contributed by atoms with van der Waals surface area (Å²) in [7, 11) is 0.